The topological polar surface area (TPSA) is 26.3 Å². The first kappa shape index (κ1) is 20.3. The van der Waals surface area contributed by atoms with E-state index < -0.39 is 14.4 Å². The van der Waals surface area contributed by atoms with Gasteiger partial charge in [-0.05, 0) is 30.1 Å². The van der Waals surface area contributed by atoms with Gasteiger partial charge >= 0.3 is 0 Å². The second-order valence-electron chi connectivity index (χ2n) is 6.63. The molecule has 2 nitrogen and oxygen atoms in total. The second kappa shape index (κ2) is 10.2. The van der Waals surface area contributed by atoms with Crippen LogP contribution in [0.4, 0.5) is 0 Å². The van der Waals surface area contributed by atoms with Crippen LogP contribution >= 0.6 is 0 Å². The van der Waals surface area contributed by atoms with Gasteiger partial charge in [0, 0.05) is 5.56 Å². The van der Waals surface area contributed by atoms with Gasteiger partial charge in [0.2, 0.25) is 0 Å². The van der Waals surface area contributed by atoms with Crippen molar-refractivity contribution in [3.05, 3.63) is 77.9 Å². The molecule has 0 aliphatic rings. The molecule has 3 heteroatoms. The van der Waals surface area contributed by atoms with E-state index in [1.54, 1.807) is 0 Å². The molecule has 2 rings (SSSR count). The minimum absolute atomic E-state index is 0.0931. The third-order valence-electron chi connectivity index (χ3n) is 5.14. The van der Waals surface area contributed by atoms with Crippen molar-refractivity contribution in [3.8, 4) is 0 Å². The summed E-state index contributed by atoms with van der Waals surface area (Å²) >= 11 is 0. The molecule has 1 unspecified atom stereocenters. The molecule has 0 heterocycles. The lowest BCUT2D eigenvalue weighted by atomic mass is 10.0. The molecular formula is C23H30O2Si. The molecular weight excluding hydrogens is 336 g/mol. The third kappa shape index (κ3) is 5.51. The summed E-state index contributed by atoms with van der Waals surface area (Å²) in [6.07, 6.45) is 4.35. The molecule has 0 aromatic heterocycles. The highest BCUT2D eigenvalue weighted by atomic mass is 28.4. The molecule has 0 saturated heterocycles. The number of rotatable bonds is 10. The summed E-state index contributed by atoms with van der Waals surface area (Å²) in [7, 11) is -1.86. The van der Waals surface area contributed by atoms with E-state index in [2.05, 4.69) is 45.1 Å². The molecule has 2 aromatic carbocycles. The zero-order chi connectivity index (χ0) is 18.8. The molecule has 0 N–H and O–H groups in total. The lowest BCUT2D eigenvalue weighted by Crippen LogP contribution is -2.42. The van der Waals surface area contributed by atoms with E-state index in [0.29, 0.717) is 6.42 Å². The predicted octanol–water partition coefficient (Wildman–Crippen LogP) is 6.36. The highest BCUT2D eigenvalue weighted by Crippen LogP contribution is 2.26. The van der Waals surface area contributed by atoms with Crippen molar-refractivity contribution in [2.75, 3.05) is 0 Å². The Labute approximate surface area is 159 Å². The monoisotopic (exact) mass is 366 g/mol. The SMILES string of the molecule is CC[Si](CC)(CC)OC(C/C=C\c1ccccc1)C(=O)c1ccccc1. The Hall–Kier alpha value is -1.97. The van der Waals surface area contributed by atoms with Crippen molar-refractivity contribution < 1.29 is 9.22 Å². The number of Topliss-reactive ketones (excluding diaryl/α,β-unsaturated/α-hetero) is 1. The lowest BCUT2D eigenvalue weighted by molar-refractivity contribution is 0.0777. The van der Waals surface area contributed by atoms with Gasteiger partial charge in [-0.2, -0.15) is 0 Å². The zero-order valence-electron chi connectivity index (χ0n) is 16.2. The highest BCUT2D eigenvalue weighted by molar-refractivity contribution is 6.73. The van der Waals surface area contributed by atoms with E-state index in [0.717, 1.165) is 29.3 Å². The van der Waals surface area contributed by atoms with Crippen LogP contribution < -0.4 is 0 Å². The minimum atomic E-state index is -1.86. The Morgan fingerprint density at radius 3 is 2.00 bits per heavy atom. The number of hydrogen-bond acceptors (Lipinski definition) is 2. The van der Waals surface area contributed by atoms with E-state index >= 15 is 0 Å². The minimum Gasteiger partial charge on any atom is -0.406 e. The van der Waals surface area contributed by atoms with Crippen LogP contribution in [0.3, 0.4) is 0 Å². The van der Waals surface area contributed by atoms with E-state index in [1.165, 1.54) is 0 Å². The normalized spacial score (nSPS) is 13.0. The predicted molar refractivity (Wildman–Crippen MR) is 113 cm³/mol. The van der Waals surface area contributed by atoms with Gasteiger partial charge in [-0.25, -0.2) is 0 Å². The van der Waals surface area contributed by atoms with E-state index in [4.69, 9.17) is 4.43 Å². The van der Waals surface area contributed by atoms with E-state index in [1.807, 2.05) is 48.5 Å². The maximum absolute atomic E-state index is 13.1. The van der Waals surface area contributed by atoms with Gasteiger partial charge in [0.05, 0.1) is 0 Å². The Morgan fingerprint density at radius 1 is 0.923 bits per heavy atom. The van der Waals surface area contributed by atoms with Gasteiger partial charge < -0.3 is 4.43 Å². The first-order valence-electron chi connectivity index (χ1n) is 9.62. The lowest BCUT2D eigenvalue weighted by Gasteiger charge is -2.32. The number of carbonyl (C=O) groups is 1. The molecule has 138 valence electrons. The highest BCUT2D eigenvalue weighted by Gasteiger charge is 2.34. The first-order valence-corrected chi connectivity index (χ1v) is 12.2. The van der Waals surface area contributed by atoms with Crippen molar-refractivity contribution in [2.45, 2.75) is 51.4 Å². The average Bonchev–Trinajstić information content (AvgIpc) is 2.72. The Morgan fingerprint density at radius 2 is 1.46 bits per heavy atom. The molecule has 2 aromatic rings. The smallest absolute Gasteiger partial charge is 0.193 e. The average molecular weight is 367 g/mol. The van der Waals surface area contributed by atoms with Crippen molar-refractivity contribution in [1.29, 1.82) is 0 Å². The standard InChI is InChI=1S/C23H30O2Si/c1-4-26(5-2,6-3)25-22(23(24)21-17-11-8-12-18-21)19-13-16-20-14-9-7-10-15-20/h7-18,22H,4-6,19H2,1-3H3/b16-13-. The summed E-state index contributed by atoms with van der Waals surface area (Å²) in [6.45, 7) is 6.59. The fourth-order valence-electron chi connectivity index (χ4n) is 3.19. The molecule has 0 aliphatic heterocycles. The van der Waals surface area contributed by atoms with Crippen LogP contribution in [0, 0.1) is 0 Å². The van der Waals surface area contributed by atoms with Crippen molar-refractivity contribution in [3.63, 3.8) is 0 Å². The molecule has 0 aliphatic carbocycles. The van der Waals surface area contributed by atoms with Crippen LogP contribution in [0.2, 0.25) is 18.1 Å². The Balaban J connectivity index is 2.20. The molecule has 26 heavy (non-hydrogen) atoms. The maximum Gasteiger partial charge on any atom is 0.193 e. The fraction of sp³-hybridized carbons (Fsp3) is 0.348. The van der Waals surface area contributed by atoms with Crippen molar-refractivity contribution in [1.82, 2.24) is 0 Å². The Bertz CT molecular complexity index is 682. The fourth-order valence-corrected chi connectivity index (χ4v) is 6.00. The summed E-state index contributed by atoms with van der Waals surface area (Å²) < 4.78 is 6.58. The number of benzene rings is 2. The largest absolute Gasteiger partial charge is 0.406 e. The van der Waals surface area contributed by atoms with Gasteiger partial charge in [0.15, 0.2) is 14.1 Å². The summed E-state index contributed by atoms with van der Waals surface area (Å²) in [5, 5.41) is 0. The van der Waals surface area contributed by atoms with Crippen LogP contribution in [0.1, 0.15) is 43.1 Å². The van der Waals surface area contributed by atoms with Crippen LogP contribution in [-0.2, 0) is 4.43 Å². The quantitative estimate of drug-likeness (QED) is 0.361. The molecule has 0 radical (unpaired) electrons. The maximum atomic E-state index is 13.1. The van der Waals surface area contributed by atoms with Crippen LogP contribution in [0.5, 0.6) is 0 Å². The zero-order valence-corrected chi connectivity index (χ0v) is 17.2. The third-order valence-corrected chi connectivity index (χ3v) is 9.79. The molecule has 0 amide bonds. The van der Waals surface area contributed by atoms with Crippen LogP contribution in [0.15, 0.2) is 66.7 Å². The van der Waals surface area contributed by atoms with Crippen molar-refractivity contribution in [2.24, 2.45) is 0 Å². The number of ketones is 1. The Kier molecular flexibility index (Phi) is 8.01. The van der Waals surface area contributed by atoms with Crippen molar-refractivity contribution >= 4 is 20.2 Å². The van der Waals surface area contributed by atoms with Gasteiger partial charge in [0.25, 0.3) is 0 Å². The molecule has 0 bridgehead atoms. The van der Waals surface area contributed by atoms with Gasteiger partial charge in [-0.1, -0.05) is 93.6 Å². The number of hydrogen-bond donors (Lipinski definition) is 0. The molecule has 0 saturated carbocycles. The van der Waals surface area contributed by atoms with E-state index in [9.17, 15) is 4.79 Å². The molecule has 0 fully saturated rings. The van der Waals surface area contributed by atoms with Crippen LogP contribution in [-0.4, -0.2) is 20.2 Å². The second-order valence-corrected chi connectivity index (χ2v) is 11.4. The summed E-state index contributed by atoms with van der Waals surface area (Å²) in [4.78, 5) is 13.1. The van der Waals surface area contributed by atoms with Gasteiger partial charge in [0.1, 0.15) is 6.10 Å². The summed E-state index contributed by atoms with van der Waals surface area (Å²) in [5.41, 5.74) is 1.88. The van der Waals surface area contributed by atoms with E-state index in [-0.39, 0.29) is 5.78 Å². The van der Waals surface area contributed by atoms with Gasteiger partial charge in [-0.3, -0.25) is 4.79 Å². The molecule has 1 atom stereocenters. The summed E-state index contributed by atoms with van der Waals surface area (Å²) in [6, 6.07) is 22.8. The molecule has 0 spiro atoms. The first-order chi connectivity index (χ1) is 12.6. The van der Waals surface area contributed by atoms with Gasteiger partial charge in [-0.15, -0.1) is 0 Å². The van der Waals surface area contributed by atoms with Crippen LogP contribution in [0.25, 0.3) is 6.08 Å². The number of carbonyl (C=O) groups excluding carboxylic acids is 1. The summed E-state index contributed by atoms with van der Waals surface area (Å²) in [5.74, 6) is 0.0931.